The van der Waals surface area contributed by atoms with Crippen LogP contribution < -0.4 is 0 Å². The number of esters is 1. The zero-order valence-corrected chi connectivity index (χ0v) is 16.7. The van der Waals surface area contributed by atoms with E-state index >= 15 is 0 Å². The summed E-state index contributed by atoms with van der Waals surface area (Å²) in [5.41, 5.74) is 7.79. The Morgan fingerprint density at radius 2 is 1.65 bits per heavy atom. The molecule has 0 spiro atoms. The molecule has 0 aromatic carbocycles. The maximum Gasteiger partial charge on any atom is 0.410 e. The number of unbranched alkanes of at least 4 members (excludes halogenated alkanes) is 4. The van der Waals surface area contributed by atoms with Gasteiger partial charge in [0.1, 0.15) is 5.60 Å². The van der Waals surface area contributed by atoms with E-state index in [2.05, 4.69) is 10.0 Å². The van der Waals surface area contributed by atoms with Crippen LogP contribution in [0.4, 0.5) is 4.79 Å². The Hall–Kier alpha value is -1.95. The summed E-state index contributed by atoms with van der Waals surface area (Å²) in [6.07, 6.45) is 5.43. The van der Waals surface area contributed by atoms with Crippen LogP contribution in [0.1, 0.15) is 72.6 Å². The van der Waals surface area contributed by atoms with Crippen molar-refractivity contribution in [2.24, 2.45) is 5.11 Å². The van der Waals surface area contributed by atoms with Crippen molar-refractivity contribution in [3.8, 4) is 0 Å². The van der Waals surface area contributed by atoms with Gasteiger partial charge in [-0.05, 0) is 52.5 Å². The molecule has 0 aliphatic carbocycles. The summed E-state index contributed by atoms with van der Waals surface area (Å²) < 4.78 is 10.3. The van der Waals surface area contributed by atoms with Crippen LogP contribution in [-0.4, -0.2) is 48.8 Å². The van der Waals surface area contributed by atoms with Crippen molar-refractivity contribution in [1.82, 2.24) is 4.90 Å². The van der Waals surface area contributed by atoms with Gasteiger partial charge in [0.25, 0.3) is 0 Å². The topological polar surface area (TPSA) is 105 Å². The van der Waals surface area contributed by atoms with Gasteiger partial charge in [-0.25, -0.2) is 4.79 Å². The van der Waals surface area contributed by atoms with E-state index in [1.165, 1.54) is 0 Å². The van der Waals surface area contributed by atoms with Crippen molar-refractivity contribution in [1.29, 1.82) is 0 Å². The predicted molar refractivity (Wildman–Crippen MR) is 101 cm³/mol. The van der Waals surface area contributed by atoms with Gasteiger partial charge in [-0.3, -0.25) is 4.79 Å². The maximum atomic E-state index is 12.3. The first kappa shape index (κ1) is 24.1. The number of azide groups is 1. The van der Waals surface area contributed by atoms with E-state index in [4.69, 9.17) is 15.0 Å². The molecular weight excluding hydrogens is 336 g/mol. The Labute approximate surface area is 156 Å². The predicted octanol–water partition coefficient (Wildman–Crippen LogP) is 4.83. The molecule has 0 saturated heterocycles. The second-order valence-corrected chi connectivity index (χ2v) is 7.10. The summed E-state index contributed by atoms with van der Waals surface area (Å²) in [5.74, 6) is -0.136. The van der Waals surface area contributed by atoms with Gasteiger partial charge in [-0.2, -0.15) is 0 Å². The molecule has 0 aromatic heterocycles. The second-order valence-electron chi connectivity index (χ2n) is 7.10. The minimum Gasteiger partial charge on any atom is -0.466 e. The minimum atomic E-state index is -0.534. The highest BCUT2D eigenvalue weighted by Gasteiger charge is 2.21. The van der Waals surface area contributed by atoms with Crippen LogP contribution in [0, 0.1) is 0 Å². The molecule has 150 valence electrons. The van der Waals surface area contributed by atoms with Crippen molar-refractivity contribution in [2.75, 3.05) is 26.2 Å². The summed E-state index contributed by atoms with van der Waals surface area (Å²) in [4.78, 5) is 27.9. The van der Waals surface area contributed by atoms with Gasteiger partial charge in [-0.1, -0.05) is 24.4 Å². The molecule has 1 amide bonds. The third-order valence-electron chi connectivity index (χ3n) is 3.52. The Morgan fingerprint density at radius 1 is 1.04 bits per heavy atom. The van der Waals surface area contributed by atoms with Crippen molar-refractivity contribution in [3.05, 3.63) is 10.4 Å². The fourth-order valence-corrected chi connectivity index (χ4v) is 2.33. The van der Waals surface area contributed by atoms with E-state index in [0.29, 0.717) is 39.1 Å². The average molecular weight is 370 g/mol. The maximum absolute atomic E-state index is 12.3. The van der Waals surface area contributed by atoms with Crippen LogP contribution in [0.5, 0.6) is 0 Å². The molecule has 0 rings (SSSR count). The standard InChI is InChI=1S/C18H34N4O4/c1-5-25-16(23)12-9-7-6-8-10-14-22(15-11-13-20-21-19)17(24)26-18(2,3)4/h5-15H2,1-4H3. The molecule has 0 bridgehead atoms. The molecule has 0 aromatic rings. The zero-order valence-electron chi connectivity index (χ0n) is 16.7. The molecule has 0 aliphatic rings. The Morgan fingerprint density at radius 3 is 2.27 bits per heavy atom. The molecule has 0 N–H and O–H groups in total. The molecule has 0 radical (unpaired) electrons. The molecule has 0 heterocycles. The first-order valence-electron chi connectivity index (χ1n) is 9.44. The summed E-state index contributed by atoms with van der Waals surface area (Å²) in [6.45, 7) is 9.25. The number of carbonyl (C=O) groups excluding carboxylic acids is 2. The summed E-state index contributed by atoms with van der Waals surface area (Å²) >= 11 is 0. The Kier molecular flexibility index (Phi) is 13.2. The molecule has 26 heavy (non-hydrogen) atoms. The molecule has 0 fully saturated rings. The van der Waals surface area contributed by atoms with E-state index in [1.54, 1.807) is 11.8 Å². The smallest absolute Gasteiger partial charge is 0.410 e. The minimum absolute atomic E-state index is 0.136. The highest BCUT2D eigenvalue weighted by molar-refractivity contribution is 5.69. The van der Waals surface area contributed by atoms with Gasteiger partial charge in [0.2, 0.25) is 0 Å². The quantitative estimate of drug-likeness (QED) is 0.152. The number of hydrogen-bond acceptors (Lipinski definition) is 5. The van der Waals surface area contributed by atoms with Gasteiger partial charge in [-0.15, -0.1) is 0 Å². The average Bonchev–Trinajstić information content (AvgIpc) is 2.54. The summed E-state index contributed by atoms with van der Waals surface area (Å²) in [7, 11) is 0. The third-order valence-corrected chi connectivity index (χ3v) is 3.52. The zero-order chi connectivity index (χ0) is 19.8. The third kappa shape index (κ3) is 14.4. The highest BCUT2D eigenvalue weighted by Crippen LogP contribution is 2.12. The largest absolute Gasteiger partial charge is 0.466 e. The number of nitrogens with zero attached hydrogens (tertiary/aromatic N) is 4. The van der Waals surface area contributed by atoms with Gasteiger partial charge in [0.15, 0.2) is 0 Å². The fraction of sp³-hybridized carbons (Fsp3) is 0.889. The van der Waals surface area contributed by atoms with E-state index in [0.717, 1.165) is 32.1 Å². The van der Waals surface area contributed by atoms with Crippen molar-refractivity contribution < 1.29 is 19.1 Å². The number of rotatable bonds is 13. The van der Waals surface area contributed by atoms with Gasteiger partial charge < -0.3 is 14.4 Å². The molecule has 0 aliphatic heterocycles. The van der Waals surface area contributed by atoms with Crippen molar-refractivity contribution in [2.45, 2.75) is 78.2 Å². The van der Waals surface area contributed by atoms with Crippen LogP contribution in [0.3, 0.4) is 0 Å². The monoisotopic (exact) mass is 370 g/mol. The van der Waals surface area contributed by atoms with E-state index in [1.807, 2.05) is 20.8 Å². The molecule has 8 nitrogen and oxygen atoms in total. The first-order chi connectivity index (χ1) is 12.3. The number of amides is 1. The lowest BCUT2D eigenvalue weighted by molar-refractivity contribution is -0.143. The number of carbonyl (C=O) groups is 2. The molecule has 0 atom stereocenters. The molecule has 0 saturated carbocycles. The molecule has 8 heteroatoms. The van der Waals surface area contributed by atoms with Gasteiger partial charge >= 0.3 is 12.1 Å². The number of hydrogen-bond donors (Lipinski definition) is 0. The molecule has 0 unspecified atom stereocenters. The van der Waals surface area contributed by atoms with Crippen LogP contribution in [0.2, 0.25) is 0 Å². The Bertz CT molecular complexity index is 457. The van der Waals surface area contributed by atoms with Gasteiger partial charge in [0, 0.05) is 31.0 Å². The fourth-order valence-electron chi connectivity index (χ4n) is 2.33. The van der Waals surface area contributed by atoms with E-state index in [-0.39, 0.29) is 12.1 Å². The van der Waals surface area contributed by atoms with E-state index in [9.17, 15) is 9.59 Å². The highest BCUT2D eigenvalue weighted by atomic mass is 16.6. The van der Waals surface area contributed by atoms with Crippen LogP contribution in [0.25, 0.3) is 10.4 Å². The second kappa shape index (κ2) is 14.2. The van der Waals surface area contributed by atoms with Crippen LogP contribution in [0.15, 0.2) is 5.11 Å². The Balaban J connectivity index is 4.11. The summed E-state index contributed by atoms with van der Waals surface area (Å²) in [5, 5.41) is 3.50. The van der Waals surface area contributed by atoms with Crippen LogP contribution in [-0.2, 0) is 14.3 Å². The normalized spacial score (nSPS) is 10.8. The molecular formula is C18H34N4O4. The lowest BCUT2D eigenvalue weighted by Gasteiger charge is -2.27. The van der Waals surface area contributed by atoms with Crippen molar-refractivity contribution >= 4 is 12.1 Å². The van der Waals surface area contributed by atoms with Gasteiger partial charge in [0.05, 0.1) is 6.61 Å². The van der Waals surface area contributed by atoms with Crippen LogP contribution >= 0.6 is 0 Å². The summed E-state index contributed by atoms with van der Waals surface area (Å²) in [6, 6.07) is 0. The number of ether oxygens (including phenoxy) is 2. The lowest BCUT2D eigenvalue weighted by Crippen LogP contribution is -2.38. The van der Waals surface area contributed by atoms with Crippen molar-refractivity contribution in [3.63, 3.8) is 0 Å². The SMILES string of the molecule is CCOC(=O)CCCCCCCN(CCCN=[N+]=[N-])C(=O)OC(C)(C)C. The first-order valence-corrected chi connectivity index (χ1v) is 9.44. The lowest BCUT2D eigenvalue weighted by atomic mass is 10.1. The van der Waals surface area contributed by atoms with E-state index < -0.39 is 5.60 Å².